The number of thiazole rings is 1. The molecule has 0 atom stereocenters. The molecule has 0 spiro atoms. The van der Waals surface area contributed by atoms with Gasteiger partial charge in [-0.05, 0) is 61.5 Å². The number of carbonyl (C=O) groups excluding carboxylic acids is 3. The van der Waals surface area contributed by atoms with Gasteiger partial charge in [-0.25, -0.2) is 24.2 Å². The molecular formula is C42H53N11O9S2. The average molecular weight is 920 g/mol. The van der Waals surface area contributed by atoms with Gasteiger partial charge in [-0.1, -0.05) is 29.1 Å². The van der Waals surface area contributed by atoms with Crippen LogP contribution in [-0.4, -0.2) is 143 Å². The zero-order chi connectivity index (χ0) is 44.9. The first-order chi connectivity index (χ1) is 31.1. The number of aryl methyl sites for hydroxylation is 1. The van der Waals surface area contributed by atoms with E-state index in [0.29, 0.717) is 111 Å². The molecule has 0 radical (unpaired) electrons. The molecule has 2 aromatic carbocycles. The summed E-state index contributed by atoms with van der Waals surface area (Å²) < 4.78 is 30.1. The molecule has 1 saturated heterocycles. The van der Waals surface area contributed by atoms with Crippen LogP contribution in [-0.2, 0) is 49.9 Å². The Hall–Kier alpha value is -5.91. The summed E-state index contributed by atoms with van der Waals surface area (Å²) in [7, 11) is 2.04. The Morgan fingerprint density at radius 2 is 1.53 bits per heavy atom. The maximum atomic E-state index is 12.6. The zero-order valence-corrected chi connectivity index (χ0v) is 37.4. The van der Waals surface area contributed by atoms with E-state index in [9.17, 15) is 19.2 Å². The normalized spacial score (nSPS) is 12.8. The Balaban J connectivity index is 0.734. The highest BCUT2D eigenvalue weighted by atomic mass is 32.2. The van der Waals surface area contributed by atoms with Crippen LogP contribution in [0.2, 0.25) is 0 Å². The fourth-order valence-electron chi connectivity index (χ4n) is 5.94. The highest BCUT2D eigenvalue weighted by molar-refractivity contribution is 7.99. The summed E-state index contributed by atoms with van der Waals surface area (Å²) in [5.74, 6) is 1.38. The van der Waals surface area contributed by atoms with Gasteiger partial charge in [0.15, 0.2) is 5.13 Å². The fourth-order valence-corrected chi connectivity index (χ4v) is 7.46. The van der Waals surface area contributed by atoms with Crippen molar-refractivity contribution in [3.05, 3.63) is 99.3 Å². The predicted molar refractivity (Wildman–Crippen MR) is 240 cm³/mol. The van der Waals surface area contributed by atoms with Gasteiger partial charge < -0.3 is 49.1 Å². The largest absolute Gasteiger partial charge is 0.491 e. The number of carbonyl (C=O) groups is 3. The van der Waals surface area contributed by atoms with E-state index in [1.165, 1.54) is 29.3 Å². The third kappa shape index (κ3) is 16.7. The zero-order valence-electron chi connectivity index (χ0n) is 35.8. The summed E-state index contributed by atoms with van der Waals surface area (Å²) in [4.78, 5) is 63.6. The number of amides is 4. The van der Waals surface area contributed by atoms with Gasteiger partial charge in [0.1, 0.15) is 30.4 Å². The van der Waals surface area contributed by atoms with E-state index < -0.39 is 11.7 Å². The van der Waals surface area contributed by atoms with E-state index in [0.717, 1.165) is 24.2 Å². The SMILES string of the molecule is Cc1cnc(=O)[nH]c1SCC(=O)NCc1ccc(OCCOCCOCCOCCn2cc(COc3ccc(NC(=O)Nc4nc(CC(=O)N5CCN(C)CC5)cs4)cc3)nn2)cc1. The van der Waals surface area contributed by atoms with Crippen LogP contribution < -0.4 is 31.1 Å². The lowest BCUT2D eigenvalue weighted by Crippen LogP contribution is -2.47. The molecule has 22 heteroatoms. The Labute approximate surface area is 378 Å². The second-order valence-electron chi connectivity index (χ2n) is 14.5. The number of aromatic nitrogens is 6. The van der Waals surface area contributed by atoms with E-state index >= 15 is 0 Å². The van der Waals surface area contributed by atoms with Crippen molar-refractivity contribution in [3.63, 3.8) is 0 Å². The van der Waals surface area contributed by atoms with Crippen LogP contribution in [0.5, 0.6) is 11.5 Å². The number of anilines is 2. The molecule has 1 aliphatic rings. The lowest BCUT2D eigenvalue weighted by Gasteiger charge is -2.32. The van der Waals surface area contributed by atoms with Gasteiger partial charge in [-0.2, -0.15) is 0 Å². The van der Waals surface area contributed by atoms with Gasteiger partial charge in [0, 0.05) is 50.0 Å². The smallest absolute Gasteiger partial charge is 0.345 e. The van der Waals surface area contributed by atoms with Gasteiger partial charge in [0.2, 0.25) is 11.8 Å². The Morgan fingerprint density at radius 1 is 0.844 bits per heavy atom. The van der Waals surface area contributed by atoms with Crippen LogP contribution in [0.1, 0.15) is 22.5 Å². The molecule has 64 heavy (non-hydrogen) atoms. The molecule has 4 N–H and O–H groups in total. The molecule has 4 heterocycles. The van der Waals surface area contributed by atoms with E-state index in [1.807, 2.05) is 43.1 Å². The number of thioether (sulfide) groups is 1. The molecule has 3 aromatic heterocycles. The predicted octanol–water partition coefficient (Wildman–Crippen LogP) is 3.20. The summed E-state index contributed by atoms with van der Waals surface area (Å²) in [5.41, 5.74) is 3.17. The van der Waals surface area contributed by atoms with Crippen molar-refractivity contribution in [1.82, 2.24) is 45.1 Å². The molecule has 6 rings (SSSR count). The Bertz CT molecular complexity index is 2280. The standard InChI is InChI=1S/C42H53N11O9S2/c1-30-24-44-40(56)47-39(30)63-29-37(54)43-25-31-3-7-35(8-4-31)61-22-21-60-20-19-59-18-17-58-16-15-53-26-34(49-50-53)27-62-36-9-5-32(6-10-36)45-41(57)48-42-46-33(28-64-42)23-38(55)52-13-11-51(2)12-14-52/h3-10,24,26,28H,11-23,25,27,29H2,1-2H3,(H,43,54)(H,44,47,56)(H2,45,46,48,57). The van der Waals surface area contributed by atoms with Crippen molar-refractivity contribution in [2.75, 3.05) is 95.9 Å². The molecule has 0 bridgehead atoms. The van der Waals surface area contributed by atoms with Crippen molar-refractivity contribution in [3.8, 4) is 11.5 Å². The van der Waals surface area contributed by atoms with E-state index in [2.05, 4.69) is 46.1 Å². The molecule has 0 unspecified atom stereocenters. The number of hydrogen-bond acceptors (Lipinski definition) is 16. The van der Waals surface area contributed by atoms with Gasteiger partial charge in [-0.15, -0.1) is 16.4 Å². The summed E-state index contributed by atoms with van der Waals surface area (Å²) >= 11 is 2.53. The quantitative estimate of drug-likeness (QED) is 0.0375. The number of hydrogen-bond donors (Lipinski definition) is 4. The number of H-pyrrole nitrogens is 1. The molecule has 0 saturated carbocycles. The number of urea groups is 1. The van der Waals surface area contributed by atoms with Crippen molar-refractivity contribution in [1.29, 1.82) is 0 Å². The molecule has 0 aliphatic carbocycles. The lowest BCUT2D eigenvalue weighted by molar-refractivity contribution is -0.132. The third-order valence-electron chi connectivity index (χ3n) is 9.47. The molecule has 4 amide bonds. The minimum atomic E-state index is -0.439. The molecule has 1 aliphatic heterocycles. The number of nitrogens with one attached hydrogen (secondary N) is 4. The van der Waals surface area contributed by atoms with Crippen LogP contribution in [0, 0.1) is 6.92 Å². The maximum absolute atomic E-state index is 12.6. The first-order valence-electron chi connectivity index (χ1n) is 20.7. The van der Waals surface area contributed by atoms with Crippen LogP contribution in [0.15, 0.2) is 76.1 Å². The summed E-state index contributed by atoms with van der Waals surface area (Å²) in [6.45, 7) is 9.03. The number of likely N-dealkylation sites (N-methyl/N-ethyl adjacent to an activating group) is 1. The minimum Gasteiger partial charge on any atom is -0.491 e. The van der Waals surface area contributed by atoms with Crippen LogP contribution in [0.4, 0.5) is 15.6 Å². The fraction of sp³-hybridized carbons (Fsp3) is 0.429. The third-order valence-corrected chi connectivity index (χ3v) is 11.4. The number of benzene rings is 2. The number of nitrogens with zero attached hydrogens (tertiary/aromatic N) is 7. The second kappa shape index (κ2) is 25.4. The maximum Gasteiger partial charge on any atom is 0.345 e. The summed E-state index contributed by atoms with van der Waals surface area (Å²) in [6, 6.07) is 14.0. The van der Waals surface area contributed by atoms with E-state index in [1.54, 1.807) is 40.5 Å². The monoisotopic (exact) mass is 919 g/mol. The molecule has 342 valence electrons. The lowest BCUT2D eigenvalue weighted by atomic mass is 10.2. The van der Waals surface area contributed by atoms with Crippen molar-refractivity contribution < 1.29 is 38.1 Å². The van der Waals surface area contributed by atoms with Crippen molar-refractivity contribution in [2.45, 2.75) is 38.1 Å². The number of piperazine rings is 1. The number of rotatable bonds is 25. The molecular weight excluding hydrogens is 867 g/mol. The molecule has 1 fully saturated rings. The van der Waals surface area contributed by atoms with Gasteiger partial charge in [-0.3, -0.25) is 14.9 Å². The van der Waals surface area contributed by atoms with Crippen LogP contribution in [0.3, 0.4) is 0 Å². The van der Waals surface area contributed by atoms with E-state index in [-0.39, 0.29) is 30.6 Å². The molecule has 5 aromatic rings. The highest BCUT2D eigenvalue weighted by Gasteiger charge is 2.20. The van der Waals surface area contributed by atoms with Gasteiger partial charge >= 0.3 is 11.7 Å². The van der Waals surface area contributed by atoms with Crippen LogP contribution >= 0.6 is 23.1 Å². The first-order valence-corrected chi connectivity index (χ1v) is 22.5. The number of ether oxygens (including phenoxy) is 5. The Kier molecular flexibility index (Phi) is 18.9. The molecule has 20 nitrogen and oxygen atoms in total. The van der Waals surface area contributed by atoms with Crippen LogP contribution in [0.25, 0.3) is 0 Å². The van der Waals surface area contributed by atoms with Gasteiger partial charge in [0.05, 0.1) is 75.3 Å². The Morgan fingerprint density at radius 3 is 2.28 bits per heavy atom. The number of aromatic amines is 1. The van der Waals surface area contributed by atoms with Gasteiger partial charge in [0.25, 0.3) is 0 Å². The van der Waals surface area contributed by atoms with E-state index in [4.69, 9.17) is 23.7 Å². The second-order valence-corrected chi connectivity index (χ2v) is 16.3. The first kappa shape index (κ1) is 47.6. The topological polar surface area (TPSA) is 229 Å². The highest BCUT2D eigenvalue weighted by Crippen LogP contribution is 2.20. The van der Waals surface area contributed by atoms with Crippen molar-refractivity contribution in [2.24, 2.45) is 0 Å². The minimum absolute atomic E-state index is 0.0414. The average Bonchev–Trinajstić information content (AvgIpc) is 3.95. The van der Waals surface area contributed by atoms with Crippen molar-refractivity contribution >= 4 is 51.8 Å². The summed E-state index contributed by atoms with van der Waals surface area (Å²) in [6.07, 6.45) is 3.49. The summed E-state index contributed by atoms with van der Waals surface area (Å²) in [5, 5.41) is 19.5.